The van der Waals surface area contributed by atoms with Crippen LogP contribution in [0.4, 0.5) is 8.78 Å². The molecule has 0 bridgehead atoms. The number of nitrogens with one attached hydrogen (secondary N) is 1. The maximum Gasteiger partial charge on any atom is 0.188 e. The molecule has 0 saturated heterocycles. The van der Waals surface area contributed by atoms with E-state index >= 15 is 0 Å². The first kappa shape index (κ1) is 20.1. The van der Waals surface area contributed by atoms with E-state index in [-0.39, 0.29) is 24.0 Å². The number of hydrogen-bond acceptors (Lipinski definition) is 1. The van der Waals surface area contributed by atoms with E-state index in [1.807, 2.05) is 0 Å². The minimum absolute atomic E-state index is 0. The fraction of sp³-hybridized carbons (Fsp3) is 0.533. The lowest BCUT2D eigenvalue weighted by Crippen LogP contribution is -2.33. The zero-order chi connectivity index (χ0) is 15.0. The van der Waals surface area contributed by atoms with E-state index in [4.69, 9.17) is 5.73 Å². The lowest BCUT2D eigenvalue weighted by atomic mass is 10.1. The molecule has 0 aliphatic carbocycles. The van der Waals surface area contributed by atoms with Crippen molar-refractivity contribution in [3.63, 3.8) is 0 Å². The van der Waals surface area contributed by atoms with E-state index < -0.39 is 11.6 Å². The number of nitrogens with zero attached hydrogens (tertiary/aromatic N) is 1. The van der Waals surface area contributed by atoms with Crippen molar-refractivity contribution >= 4 is 29.9 Å². The molecule has 3 nitrogen and oxygen atoms in total. The summed E-state index contributed by atoms with van der Waals surface area (Å²) in [6.45, 7) is 5.64. The van der Waals surface area contributed by atoms with Crippen LogP contribution in [0.1, 0.15) is 32.3 Å². The minimum atomic E-state index is -0.543. The minimum Gasteiger partial charge on any atom is -0.370 e. The van der Waals surface area contributed by atoms with E-state index in [9.17, 15) is 8.78 Å². The van der Waals surface area contributed by atoms with Crippen LogP contribution in [0.3, 0.4) is 0 Å². The van der Waals surface area contributed by atoms with Crippen LogP contribution in [-0.4, -0.2) is 19.0 Å². The van der Waals surface area contributed by atoms with Gasteiger partial charge in [-0.1, -0.05) is 13.8 Å². The molecule has 0 atom stereocenters. The Morgan fingerprint density at radius 1 is 1.24 bits per heavy atom. The van der Waals surface area contributed by atoms with Crippen LogP contribution in [-0.2, 0) is 6.42 Å². The Hall–Kier alpha value is -0.920. The van der Waals surface area contributed by atoms with Gasteiger partial charge in [-0.25, -0.2) is 8.78 Å². The second-order valence-corrected chi connectivity index (χ2v) is 5.26. The molecule has 120 valence electrons. The van der Waals surface area contributed by atoms with Gasteiger partial charge in [0.05, 0.1) is 0 Å². The second kappa shape index (κ2) is 10.8. The number of hydrogen-bond donors (Lipinski definition) is 2. The summed E-state index contributed by atoms with van der Waals surface area (Å²) in [6.07, 6.45) is 2.33. The van der Waals surface area contributed by atoms with E-state index in [1.54, 1.807) is 0 Å². The van der Waals surface area contributed by atoms with Crippen LogP contribution in [0.5, 0.6) is 0 Å². The Kier molecular flexibility index (Phi) is 10.3. The van der Waals surface area contributed by atoms with Gasteiger partial charge in [-0.05, 0) is 42.9 Å². The van der Waals surface area contributed by atoms with E-state index in [1.165, 1.54) is 12.1 Å². The van der Waals surface area contributed by atoms with Gasteiger partial charge in [-0.3, -0.25) is 4.99 Å². The highest BCUT2D eigenvalue weighted by atomic mass is 127. The van der Waals surface area contributed by atoms with Crippen LogP contribution in [0.25, 0.3) is 0 Å². The summed E-state index contributed by atoms with van der Waals surface area (Å²) in [5.74, 6) is -0.0361. The molecular weight excluding hydrogens is 387 g/mol. The summed E-state index contributed by atoms with van der Waals surface area (Å²) in [4.78, 5) is 4.18. The highest BCUT2D eigenvalue weighted by Gasteiger charge is 2.00. The number of benzene rings is 1. The van der Waals surface area contributed by atoms with Crippen molar-refractivity contribution < 1.29 is 8.78 Å². The highest BCUT2D eigenvalue weighted by Crippen LogP contribution is 2.09. The van der Waals surface area contributed by atoms with Gasteiger partial charge in [-0.15, -0.1) is 24.0 Å². The Bertz CT molecular complexity index is 430. The summed E-state index contributed by atoms with van der Waals surface area (Å²) >= 11 is 0. The molecule has 0 amide bonds. The molecule has 0 fully saturated rings. The van der Waals surface area contributed by atoms with Crippen LogP contribution in [0.15, 0.2) is 23.2 Å². The first-order chi connectivity index (χ1) is 9.47. The Balaban J connectivity index is 0.00000400. The predicted molar refractivity (Wildman–Crippen MR) is 94.0 cm³/mol. The standard InChI is InChI=1S/C15H23F2N3.HI/c1-11(2)5-7-20-15(18)19-6-3-4-12-8-13(16)10-14(17)9-12;/h8-11H,3-7H2,1-2H3,(H3,18,19,20);1H. The summed E-state index contributed by atoms with van der Waals surface area (Å²) in [5, 5.41) is 3.04. The molecule has 21 heavy (non-hydrogen) atoms. The average molecular weight is 411 g/mol. The van der Waals surface area contributed by atoms with Gasteiger partial charge in [0.2, 0.25) is 0 Å². The van der Waals surface area contributed by atoms with Crippen molar-refractivity contribution in [3.05, 3.63) is 35.4 Å². The second-order valence-electron chi connectivity index (χ2n) is 5.26. The number of aryl methyl sites for hydroxylation is 1. The smallest absolute Gasteiger partial charge is 0.188 e. The van der Waals surface area contributed by atoms with Gasteiger partial charge < -0.3 is 11.1 Å². The van der Waals surface area contributed by atoms with Crippen molar-refractivity contribution in [2.75, 3.05) is 13.1 Å². The maximum atomic E-state index is 13.0. The number of rotatable bonds is 7. The summed E-state index contributed by atoms with van der Waals surface area (Å²) in [6, 6.07) is 3.56. The molecule has 0 spiro atoms. The molecule has 0 unspecified atom stereocenters. The fourth-order valence-corrected chi connectivity index (χ4v) is 1.78. The van der Waals surface area contributed by atoms with E-state index in [0.29, 0.717) is 36.8 Å². The van der Waals surface area contributed by atoms with Crippen LogP contribution >= 0.6 is 24.0 Å². The normalized spacial score (nSPS) is 11.4. The summed E-state index contributed by atoms with van der Waals surface area (Å²) in [5.41, 5.74) is 6.35. The summed E-state index contributed by atoms with van der Waals surface area (Å²) in [7, 11) is 0. The van der Waals surface area contributed by atoms with Gasteiger partial charge in [0.25, 0.3) is 0 Å². The molecule has 1 rings (SSSR count). The quantitative estimate of drug-likeness (QED) is 0.313. The Morgan fingerprint density at radius 3 is 2.43 bits per heavy atom. The molecule has 6 heteroatoms. The first-order valence-electron chi connectivity index (χ1n) is 6.96. The first-order valence-corrected chi connectivity index (χ1v) is 6.96. The third-order valence-electron chi connectivity index (χ3n) is 2.86. The van der Waals surface area contributed by atoms with Crippen molar-refractivity contribution in [3.8, 4) is 0 Å². The number of nitrogens with two attached hydrogens (primary N) is 1. The molecule has 0 radical (unpaired) electrons. The molecule has 0 aliphatic heterocycles. The van der Waals surface area contributed by atoms with E-state index in [2.05, 4.69) is 24.2 Å². The predicted octanol–water partition coefficient (Wildman–Crippen LogP) is 3.47. The van der Waals surface area contributed by atoms with Crippen LogP contribution in [0, 0.1) is 17.6 Å². The molecule has 0 aliphatic rings. The van der Waals surface area contributed by atoms with Crippen molar-refractivity contribution in [2.24, 2.45) is 16.6 Å². The lowest BCUT2D eigenvalue weighted by Gasteiger charge is -2.07. The Labute approximate surface area is 142 Å². The Morgan fingerprint density at radius 2 is 1.86 bits per heavy atom. The van der Waals surface area contributed by atoms with Crippen LogP contribution in [0.2, 0.25) is 0 Å². The molecule has 1 aromatic rings. The summed E-state index contributed by atoms with van der Waals surface area (Å²) < 4.78 is 25.9. The van der Waals surface area contributed by atoms with Gasteiger partial charge in [0.15, 0.2) is 5.96 Å². The monoisotopic (exact) mass is 411 g/mol. The highest BCUT2D eigenvalue weighted by molar-refractivity contribution is 14.0. The number of halogens is 3. The number of aliphatic imine (C=N–C) groups is 1. The van der Waals surface area contributed by atoms with Gasteiger partial charge in [0, 0.05) is 19.2 Å². The van der Waals surface area contributed by atoms with E-state index in [0.717, 1.165) is 19.0 Å². The molecular formula is C15H24F2IN3. The average Bonchev–Trinajstić information content (AvgIpc) is 2.33. The molecule has 0 saturated carbocycles. The van der Waals surface area contributed by atoms with Gasteiger partial charge in [0.1, 0.15) is 11.6 Å². The zero-order valence-electron chi connectivity index (χ0n) is 12.5. The zero-order valence-corrected chi connectivity index (χ0v) is 14.9. The topological polar surface area (TPSA) is 50.4 Å². The third-order valence-corrected chi connectivity index (χ3v) is 2.86. The molecule has 1 aromatic carbocycles. The van der Waals surface area contributed by atoms with Crippen molar-refractivity contribution in [1.29, 1.82) is 0 Å². The fourth-order valence-electron chi connectivity index (χ4n) is 1.78. The molecule has 0 heterocycles. The molecule has 3 N–H and O–H groups in total. The number of guanidine groups is 1. The van der Waals surface area contributed by atoms with Gasteiger partial charge in [-0.2, -0.15) is 0 Å². The van der Waals surface area contributed by atoms with Gasteiger partial charge >= 0.3 is 0 Å². The SMILES string of the molecule is CC(C)CCNC(N)=NCCCc1cc(F)cc(F)c1.I. The van der Waals surface area contributed by atoms with Crippen molar-refractivity contribution in [1.82, 2.24) is 5.32 Å². The largest absolute Gasteiger partial charge is 0.370 e. The lowest BCUT2D eigenvalue weighted by molar-refractivity contribution is 0.575. The van der Waals surface area contributed by atoms with Crippen molar-refractivity contribution in [2.45, 2.75) is 33.1 Å². The molecule has 0 aromatic heterocycles. The third kappa shape index (κ3) is 9.60. The van der Waals surface area contributed by atoms with Crippen LogP contribution < -0.4 is 11.1 Å². The maximum absolute atomic E-state index is 13.0.